The van der Waals surface area contributed by atoms with Crippen LogP contribution in [0.5, 0.6) is 5.75 Å². The number of nitrogens with zero attached hydrogens (tertiary/aromatic N) is 1. The van der Waals surface area contributed by atoms with Crippen LogP contribution in [-0.4, -0.2) is 23.3 Å². The fourth-order valence-electron chi connectivity index (χ4n) is 1.86. The van der Waals surface area contributed by atoms with Gasteiger partial charge >= 0.3 is 0 Å². The smallest absolute Gasteiger partial charge is 0.227 e. The van der Waals surface area contributed by atoms with E-state index in [1.165, 1.54) is 0 Å². The number of rotatable bonds is 4. The molecule has 1 aromatic heterocycles. The molecule has 0 aliphatic carbocycles. The molecule has 1 N–H and O–H groups in total. The van der Waals surface area contributed by atoms with Gasteiger partial charge in [0, 0.05) is 11.6 Å². The first kappa shape index (κ1) is 11.7. The molecule has 0 saturated carbocycles. The van der Waals surface area contributed by atoms with Gasteiger partial charge in [0.2, 0.25) is 5.89 Å². The van der Waals surface area contributed by atoms with Crippen molar-refractivity contribution < 1.29 is 14.3 Å². The van der Waals surface area contributed by atoms with Crippen molar-refractivity contribution in [2.75, 3.05) is 13.2 Å². The number of aliphatic hydroxyl groups excluding tert-OH is 1. The van der Waals surface area contributed by atoms with E-state index in [0.29, 0.717) is 11.6 Å². The fraction of sp³-hybridized carbons (Fsp3) is 0.133. The summed E-state index contributed by atoms with van der Waals surface area (Å²) in [6, 6.07) is 15.2. The Morgan fingerprint density at radius 3 is 2.74 bits per heavy atom. The van der Waals surface area contributed by atoms with E-state index in [-0.39, 0.29) is 13.2 Å². The van der Waals surface area contributed by atoms with E-state index in [1.54, 1.807) is 12.1 Å². The highest BCUT2D eigenvalue weighted by Gasteiger charge is 2.08. The number of fused-ring (bicyclic) bond motifs is 1. The van der Waals surface area contributed by atoms with Crippen LogP contribution in [0.2, 0.25) is 0 Å². The summed E-state index contributed by atoms with van der Waals surface area (Å²) in [4.78, 5) is 4.44. The van der Waals surface area contributed by atoms with E-state index in [2.05, 4.69) is 4.98 Å². The monoisotopic (exact) mass is 255 g/mol. The molecule has 0 saturated heterocycles. The van der Waals surface area contributed by atoms with E-state index >= 15 is 0 Å². The SMILES string of the molecule is OCCOc1ccc2oc(-c3ccccc3)nc2c1. The van der Waals surface area contributed by atoms with Crippen molar-refractivity contribution in [3.63, 3.8) is 0 Å². The normalized spacial score (nSPS) is 10.8. The number of ether oxygens (including phenoxy) is 1. The minimum Gasteiger partial charge on any atom is -0.491 e. The number of hydrogen-bond donors (Lipinski definition) is 1. The fourth-order valence-corrected chi connectivity index (χ4v) is 1.86. The zero-order chi connectivity index (χ0) is 13.1. The van der Waals surface area contributed by atoms with Crippen molar-refractivity contribution in [1.29, 1.82) is 0 Å². The lowest BCUT2D eigenvalue weighted by Crippen LogP contribution is -2.01. The molecule has 3 aromatic rings. The summed E-state index contributed by atoms with van der Waals surface area (Å²) in [6.45, 7) is 0.265. The molecule has 2 aromatic carbocycles. The van der Waals surface area contributed by atoms with Gasteiger partial charge in [0.1, 0.15) is 17.9 Å². The van der Waals surface area contributed by atoms with Gasteiger partial charge in [0.05, 0.1) is 6.61 Å². The Hall–Kier alpha value is -2.33. The third-order valence-electron chi connectivity index (χ3n) is 2.74. The quantitative estimate of drug-likeness (QED) is 0.778. The molecule has 0 fully saturated rings. The molecular formula is C15H13NO3. The zero-order valence-corrected chi connectivity index (χ0v) is 10.2. The number of benzene rings is 2. The topological polar surface area (TPSA) is 55.5 Å². The van der Waals surface area contributed by atoms with Crippen LogP contribution in [0.3, 0.4) is 0 Å². The molecule has 96 valence electrons. The Morgan fingerprint density at radius 2 is 1.95 bits per heavy atom. The summed E-state index contributed by atoms with van der Waals surface area (Å²) in [7, 11) is 0. The summed E-state index contributed by atoms with van der Waals surface area (Å²) in [5.41, 5.74) is 2.40. The molecule has 19 heavy (non-hydrogen) atoms. The van der Waals surface area contributed by atoms with Gasteiger partial charge in [-0.15, -0.1) is 0 Å². The van der Waals surface area contributed by atoms with E-state index in [9.17, 15) is 0 Å². The van der Waals surface area contributed by atoms with Crippen molar-refractivity contribution in [1.82, 2.24) is 4.98 Å². The molecule has 0 radical (unpaired) electrons. The van der Waals surface area contributed by atoms with Crippen molar-refractivity contribution in [2.45, 2.75) is 0 Å². The lowest BCUT2D eigenvalue weighted by molar-refractivity contribution is 0.201. The second-order valence-electron chi connectivity index (χ2n) is 4.09. The van der Waals surface area contributed by atoms with E-state index < -0.39 is 0 Å². The molecule has 0 atom stereocenters. The van der Waals surface area contributed by atoms with Gasteiger partial charge in [-0.3, -0.25) is 0 Å². The molecule has 0 spiro atoms. The summed E-state index contributed by atoms with van der Waals surface area (Å²) >= 11 is 0. The number of oxazole rings is 1. The minimum absolute atomic E-state index is 0.00782. The zero-order valence-electron chi connectivity index (χ0n) is 10.2. The van der Waals surface area contributed by atoms with E-state index in [1.807, 2.05) is 36.4 Å². The first-order valence-corrected chi connectivity index (χ1v) is 6.06. The van der Waals surface area contributed by atoms with Crippen LogP contribution in [0.25, 0.3) is 22.6 Å². The first-order chi connectivity index (χ1) is 9.36. The third kappa shape index (κ3) is 2.44. The van der Waals surface area contributed by atoms with Crippen LogP contribution < -0.4 is 4.74 Å². The second kappa shape index (κ2) is 5.12. The van der Waals surface area contributed by atoms with Crippen LogP contribution >= 0.6 is 0 Å². The molecule has 0 aliphatic rings. The van der Waals surface area contributed by atoms with Crippen LogP contribution in [-0.2, 0) is 0 Å². The lowest BCUT2D eigenvalue weighted by Gasteiger charge is -2.02. The van der Waals surface area contributed by atoms with Crippen LogP contribution in [0.4, 0.5) is 0 Å². The predicted octanol–water partition coefficient (Wildman–Crippen LogP) is 2.87. The molecule has 4 nitrogen and oxygen atoms in total. The van der Waals surface area contributed by atoms with Gasteiger partial charge in [0.15, 0.2) is 5.58 Å². The molecular weight excluding hydrogens is 242 g/mol. The average Bonchev–Trinajstić information content (AvgIpc) is 2.89. The van der Waals surface area contributed by atoms with Crippen molar-refractivity contribution in [3.8, 4) is 17.2 Å². The Labute approximate surface area is 110 Å². The minimum atomic E-state index is -0.00782. The highest BCUT2D eigenvalue weighted by Crippen LogP contribution is 2.26. The van der Waals surface area contributed by atoms with Crippen LogP contribution in [0.1, 0.15) is 0 Å². The Bertz CT molecular complexity index is 676. The first-order valence-electron chi connectivity index (χ1n) is 6.06. The summed E-state index contributed by atoms with van der Waals surface area (Å²) < 4.78 is 11.0. The maximum Gasteiger partial charge on any atom is 0.227 e. The van der Waals surface area contributed by atoms with Crippen molar-refractivity contribution in [3.05, 3.63) is 48.5 Å². The Kier molecular flexibility index (Phi) is 3.16. The summed E-state index contributed by atoms with van der Waals surface area (Å²) in [5.74, 6) is 1.27. The van der Waals surface area contributed by atoms with Crippen LogP contribution in [0.15, 0.2) is 52.9 Å². The predicted molar refractivity (Wildman–Crippen MR) is 72.0 cm³/mol. The molecule has 4 heteroatoms. The largest absolute Gasteiger partial charge is 0.491 e. The van der Waals surface area contributed by atoms with Crippen molar-refractivity contribution >= 4 is 11.1 Å². The molecule has 0 bridgehead atoms. The highest BCUT2D eigenvalue weighted by molar-refractivity contribution is 5.77. The van der Waals surface area contributed by atoms with Gasteiger partial charge in [-0.2, -0.15) is 0 Å². The standard InChI is InChI=1S/C15H13NO3/c17-8-9-18-12-6-7-14-13(10-12)16-15(19-14)11-4-2-1-3-5-11/h1-7,10,17H,8-9H2. The third-order valence-corrected chi connectivity index (χ3v) is 2.74. The number of hydrogen-bond acceptors (Lipinski definition) is 4. The highest BCUT2D eigenvalue weighted by atomic mass is 16.5. The van der Waals surface area contributed by atoms with Crippen molar-refractivity contribution in [2.24, 2.45) is 0 Å². The number of aliphatic hydroxyl groups is 1. The molecule has 0 aliphatic heterocycles. The number of aromatic nitrogens is 1. The molecule has 3 rings (SSSR count). The van der Waals surface area contributed by atoms with Gasteiger partial charge < -0.3 is 14.3 Å². The molecule has 0 amide bonds. The van der Waals surface area contributed by atoms with Gasteiger partial charge in [-0.1, -0.05) is 18.2 Å². The van der Waals surface area contributed by atoms with Crippen LogP contribution in [0, 0.1) is 0 Å². The average molecular weight is 255 g/mol. The molecule has 0 unspecified atom stereocenters. The van der Waals surface area contributed by atoms with E-state index in [0.717, 1.165) is 16.7 Å². The van der Waals surface area contributed by atoms with Gasteiger partial charge in [-0.25, -0.2) is 4.98 Å². The van der Waals surface area contributed by atoms with Gasteiger partial charge in [0.25, 0.3) is 0 Å². The Balaban J connectivity index is 1.97. The summed E-state index contributed by atoms with van der Waals surface area (Å²) in [5, 5.41) is 8.73. The maximum absolute atomic E-state index is 8.73. The molecule has 1 heterocycles. The van der Waals surface area contributed by atoms with Gasteiger partial charge in [-0.05, 0) is 24.3 Å². The Morgan fingerprint density at radius 1 is 1.11 bits per heavy atom. The maximum atomic E-state index is 8.73. The second-order valence-corrected chi connectivity index (χ2v) is 4.09. The lowest BCUT2D eigenvalue weighted by atomic mass is 10.2. The summed E-state index contributed by atoms with van der Waals surface area (Å²) in [6.07, 6.45) is 0. The van der Waals surface area contributed by atoms with E-state index in [4.69, 9.17) is 14.3 Å².